The lowest BCUT2D eigenvalue weighted by molar-refractivity contribution is -0.384. The quantitative estimate of drug-likeness (QED) is 0.133. The number of anilines is 2. The van der Waals surface area contributed by atoms with Crippen LogP contribution in [0, 0.1) is 10.1 Å². The van der Waals surface area contributed by atoms with E-state index < -0.39 is 16.1 Å². The lowest BCUT2D eigenvalue weighted by atomic mass is 10.1. The third kappa shape index (κ3) is 6.70. The highest BCUT2D eigenvalue weighted by Crippen LogP contribution is 2.38. The highest BCUT2D eigenvalue weighted by atomic mass is 35.5. The summed E-state index contributed by atoms with van der Waals surface area (Å²) in [5.41, 5.74) is 1.79. The summed E-state index contributed by atoms with van der Waals surface area (Å²) in [5.74, 6) is -0.237. The van der Waals surface area contributed by atoms with Crippen LogP contribution in [0.3, 0.4) is 0 Å². The van der Waals surface area contributed by atoms with Crippen molar-refractivity contribution in [2.75, 3.05) is 17.7 Å². The van der Waals surface area contributed by atoms with Crippen LogP contribution in [0.5, 0.6) is 5.75 Å². The summed E-state index contributed by atoms with van der Waals surface area (Å²) in [6.07, 6.45) is 0. The molecular weight excluding hydrogens is 526 g/mol. The second-order valence-corrected chi connectivity index (χ2v) is 9.64. The zero-order valence-electron chi connectivity index (χ0n) is 20.1. The van der Waals surface area contributed by atoms with E-state index >= 15 is 0 Å². The van der Waals surface area contributed by atoms with Gasteiger partial charge in [0.1, 0.15) is 11.0 Å². The van der Waals surface area contributed by atoms with Crippen molar-refractivity contribution < 1.29 is 19.2 Å². The molecule has 0 aliphatic heterocycles. The van der Waals surface area contributed by atoms with Crippen LogP contribution in [0.1, 0.15) is 21.2 Å². The topological polar surface area (TPSA) is 111 Å². The Balaban J connectivity index is 1.51. The molecular formula is C28H22ClN3O5S. The zero-order valence-corrected chi connectivity index (χ0v) is 21.7. The van der Waals surface area contributed by atoms with Crippen molar-refractivity contribution in [3.8, 4) is 5.75 Å². The van der Waals surface area contributed by atoms with Crippen LogP contribution < -0.4 is 15.4 Å². The van der Waals surface area contributed by atoms with Crippen molar-refractivity contribution in [1.29, 1.82) is 0 Å². The van der Waals surface area contributed by atoms with Gasteiger partial charge in [0, 0.05) is 33.3 Å². The molecule has 0 aliphatic carbocycles. The molecule has 10 heteroatoms. The Hall–Kier alpha value is -4.34. The standard InChI is InChI=1S/C28H22ClN3O5S/c1-37-25-15-10-20(29)17-24(25)31-28(34)26(18-6-3-2-4-7-18)38-23-13-11-21(12-14-23)30-27(33)19-8-5-9-22(16-19)32(35)36/h2-17,26H,1H3,(H,30,33)(H,31,34). The van der Waals surface area contributed by atoms with Gasteiger partial charge in [-0.05, 0) is 54.1 Å². The molecule has 8 nitrogen and oxygen atoms in total. The number of methoxy groups -OCH3 is 1. The summed E-state index contributed by atoms with van der Waals surface area (Å²) in [7, 11) is 1.52. The van der Waals surface area contributed by atoms with Crippen LogP contribution >= 0.6 is 23.4 Å². The fraction of sp³-hybridized carbons (Fsp3) is 0.0714. The monoisotopic (exact) mass is 547 g/mol. The first kappa shape index (κ1) is 26.7. The van der Waals surface area contributed by atoms with Gasteiger partial charge in [0.2, 0.25) is 5.91 Å². The molecule has 4 aromatic rings. The zero-order chi connectivity index (χ0) is 27.1. The Kier molecular flexibility index (Phi) is 8.62. The molecule has 192 valence electrons. The Morgan fingerprint density at radius 2 is 1.66 bits per heavy atom. The van der Waals surface area contributed by atoms with Crippen LogP contribution in [0.4, 0.5) is 17.1 Å². The number of nitrogens with one attached hydrogen (secondary N) is 2. The molecule has 2 N–H and O–H groups in total. The molecule has 0 heterocycles. The van der Waals surface area contributed by atoms with Gasteiger partial charge in [0.15, 0.2) is 0 Å². The maximum Gasteiger partial charge on any atom is 0.270 e. The Morgan fingerprint density at radius 3 is 2.34 bits per heavy atom. The number of nitro groups is 1. The van der Waals surface area contributed by atoms with E-state index in [0.29, 0.717) is 22.1 Å². The van der Waals surface area contributed by atoms with E-state index in [1.54, 1.807) is 42.5 Å². The summed E-state index contributed by atoms with van der Waals surface area (Å²) in [6, 6.07) is 26.8. The molecule has 0 saturated heterocycles. The minimum Gasteiger partial charge on any atom is -0.495 e. The normalized spacial score (nSPS) is 11.3. The number of non-ortho nitro benzene ring substituents is 1. The fourth-order valence-corrected chi connectivity index (χ4v) is 4.79. The van der Waals surface area contributed by atoms with Crippen LogP contribution in [-0.4, -0.2) is 23.8 Å². The Morgan fingerprint density at radius 1 is 0.921 bits per heavy atom. The second-order valence-electron chi connectivity index (χ2n) is 8.03. The minimum absolute atomic E-state index is 0.162. The molecule has 0 aliphatic rings. The van der Waals surface area contributed by atoms with Gasteiger partial charge >= 0.3 is 0 Å². The van der Waals surface area contributed by atoms with Gasteiger partial charge in [-0.3, -0.25) is 19.7 Å². The fourth-order valence-electron chi connectivity index (χ4n) is 3.59. The lowest BCUT2D eigenvalue weighted by Crippen LogP contribution is -2.19. The third-order valence-electron chi connectivity index (χ3n) is 5.45. The highest BCUT2D eigenvalue weighted by molar-refractivity contribution is 8.00. The molecule has 0 aromatic heterocycles. The van der Waals surface area contributed by atoms with Crippen molar-refractivity contribution in [2.24, 2.45) is 0 Å². The van der Waals surface area contributed by atoms with Crippen LogP contribution in [0.25, 0.3) is 0 Å². The van der Waals surface area contributed by atoms with Crippen LogP contribution in [0.2, 0.25) is 5.02 Å². The van der Waals surface area contributed by atoms with Gasteiger partial charge < -0.3 is 15.4 Å². The maximum absolute atomic E-state index is 13.4. The van der Waals surface area contributed by atoms with Crippen LogP contribution in [0.15, 0.2) is 102 Å². The van der Waals surface area contributed by atoms with E-state index in [0.717, 1.165) is 10.5 Å². The molecule has 4 rings (SSSR count). The molecule has 1 atom stereocenters. The van der Waals surface area contributed by atoms with E-state index in [4.69, 9.17) is 16.3 Å². The number of thioether (sulfide) groups is 1. The number of nitrogens with zero attached hydrogens (tertiary/aromatic N) is 1. The SMILES string of the molecule is COc1ccc(Cl)cc1NC(=O)C(Sc1ccc(NC(=O)c2cccc([N+](=O)[O-])c2)cc1)c1ccccc1. The van der Waals surface area contributed by atoms with Crippen molar-refractivity contribution in [3.63, 3.8) is 0 Å². The van der Waals surface area contributed by atoms with Gasteiger partial charge in [-0.1, -0.05) is 48.0 Å². The van der Waals surface area contributed by atoms with Crippen LogP contribution in [-0.2, 0) is 4.79 Å². The molecule has 0 radical (unpaired) electrons. The molecule has 0 saturated carbocycles. The lowest BCUT2D eigenvalue weighted by Gasteiger charge is -2.18. The Labute approximate surface area is 228 Å². The summed E-state index contributed by atoms with van der Waals surface area (Å²) in [6.45, 7) is 0. The first-order chi connectivity index (χ1) is 18.3. The van der Waals surface area contributed by atoms with E-state index in [-0.39, 0.29) is 17.2 Å². The minimum atomic E-state index is -0.592. The van der Waals surface area contributed by atoms with Gasteiger partial charge in [0.05, 0.1) is 17.7 Å². The summed E-state index contributed by atoms with van der Waals surface area (Å²) in [4.78, 5) is 37.2. The molecule has 4 aromatic carbocycles. The predicted octanol–water partition coefficient (Wildman–Crippen LogP) is 6.98. The number of hydrogen-bond acceptors (Lipinski definition) is 6. The number of amides is 2. The van der Waals surface area contributed by atoms with Gasteiger partial charge in [-0.25, -0.2) is 0 Å². The number of benzene rings is 4. The number of carbonyl (C=O) groups excluding carboxylic acids is 2. The first-order valence-corrected chi connectivity index (χ1v) is 12.6. The number of rotatable bonds is 9. The molecule has 0 bridgehead atoms. The van der Waals surface area contributed by atoms with Crippen molar-refractivity contribution in [1.82, 2.24) is 0 Å². The number of halogens is 1. The van der Waals surface area contributed by atoms with Crippen molar-refractivity contribution in [2.45, 2.75) is 10.1 Å². The maximum atomic E-state index is 13.4. The molecule has 1 unspecified atom stereocenters. The average molecular weight is 548 g/mol. The van der Waals surface area contributed by atoms with E-state index in [2.05, 4.69) is 10.6 Å². The molecule has 0 spiro atoms. The first-order valence-electron chi connectivity index (χ1n) is 11.4. The van der Waals surface area contributed by atoms with Crippen molar-refractivity contribution in [3.05, 3.63) is 123 Å². The summed E-state index contributed by atoms with van der Waals surface area (Å²) < 4.78 is 5.35. The predicted molar refractivity (Wildman–Crippen MR) is 149 cm³/mol. The van der Waals surface area contributed by atoms with E-state index in [9.17, 15) is 19.7 Å². The Bertz CT molecular complexity index is 1470. The number of carbonyl (C=O) groups is 2. The summed E-state index contributed by atoms with van der Waals surface area (Å²) in [5, 5.41) is 16.5. The smallest absolute Gasteiger partial charge is 0.270 e. The van der Waals surface area contributed by atoms with Crippen molar-refractivity contribution >= 4 is 52.2 Å². The molecule has 0 fully saturated rings. The van der Waals surface area contributed by atoms with Gasteiger partial charge in [0.25, 0.3) is 11.6 Å². The third-order valence-corrected chi connectivity index (χ3v) is 6.95. The molecule has 38 heavy (non-hydrogen) atoms. The average Bonchev–Trinajstić information content (AvgIpc) is 2.93. The number of nitro benzene ring substituents is 1. The number of ether oxygens (including phenoxy) is 1. The van der Waals surface area contributed by atoms with E-state index in [1.165, 1.54) is 43.1 Å². The van der Waals surface area contributed by atoms with E-state index in [1.807, 2.05) is 30.3 Å². The largest absolute Gasteiger partial charge is 0.495 e. The second kappa shape index (κ2) is 12.3. The van der Waals surface area contributed by atoms with Gasteiger partial charge in [-0.2, -0.15) is 0 Å². The van der Waals surface area contributed by atoms with Gasteiger partial charge in [-0.15, -0.1) is 11.8 Å². The molecule has 2 amide bonds. The highest BCUT2D eigenvalue weighted by Gasteiger charge is 2.23. The summed E-state index contributed by atoms with van der Waals surface area (Å²) >= 11 is 7.47. The number of hydrogen-bond donors (Lipinski definition) is 2.